The molecule has 1 N–H and O–H groups in total. The van der Waals surface area contributed by atoms with E-state index in [1.54, 1.807) is 7.05 Å². The number of carbonyl (C=O) groups is 2. The lowest BCUT2D eigenvalue weighted by Crippen LogP contribution is -2.37. The Hall–Kier alpha value is -1.45. The summed E-state index contributed by atoms with van der Waals surface area (Å²) in [4.78, 5) is 23.9. The van der Waals surface area contributed by atoms with Crippen molar-refractivity contribution in [2.24, 2.45) is 0 Å². The number of likely N-dealkylation sites (N-methyl/N-ethyl adjacent to an activating group) is 1. The second kappa shape index (κ2) is 5.51. The van der Waals surface area contributed by atoms with Crippen molar-refractivity contribution in [2.75, 3.05) is 26.7 Å². The number of nitrogens with zero attached hydrogens (tertiary/aromatic N) is 2. The van der Waals surface area contributed by atoms with E-state index in [9.17, 15) is 18.0 Å². The molecule has 0 unspecified atom stereocenters. The number of carboxylic acid groups (broad SMARTS) is 1. The number of sulfonamides is 1. The number of hydrogen-bond acceptors (Lipinski definition) is 5. The molecule has 2 rings (SSSR count). The summed E-state index contributed by atoms with van der Waals surface area (Å²) in [5.41, 5.74) is 0. The van der Waals surface area contributed by atoms with Crippen LogP contribution in [0.3, 0.4) is 0 Å². The van der Waals surface area contributed by atoms with Crippen LogP contribution in [-0.2, 0) is 14.8 Å². The van der Waals surface area contributed by atoms with Gasteiger partial charge in [-0.25, -0.2) is 13.2 Å². The summed E-state index contributed by atoms with van der Waals surface area (Å²) in [7, 11) is -2.19. The predicted molar refractivity (Wildman–Crippen MR) is 72.3 cm³/mol. The molecule has 110 valence electrons. The number of rotatable bonds is 3. The Morgan fingerprint density at radius 1 is 1.40 bits per heavy atom. The average Bonchev–Trinajstić information content (AvgIpc) is 2.81. The van der Waals surface area contributed by atoms with Crippen molar-refractivity contribution in [3.05, 3.63) is 16.3 Å². The molecule has 1 aliphatic rings. The molecule has 20 heavy (non-hydrogen) atoms. The fraction of sp³-hybridized carbons (Fsp3) is 0.455. The molecule has 1 aromatic rings. The molecule has 1 aliphatic heterocycles. The summed E-state index contributed by atoms with van der Waals surface area (Å²) < 4.78 is 25.9. The van der Waals surface area contributed by atoms with E-state index >= 15 is 0 Å². The second-order valence-electron chi connectivity index (χ2n) is 4.46. The van der Waals surface area contributed by atoms with E-state index < -0.39 is 16.0 Å². The predicted octanol–water partition coefficient (Wildman–Crippen LogP) is 0.299. The van der Waals surface area contributed by atoms with Crippen molar-refractivity contribution in [3.63, 3.8) is 0 Å². The zero-order valence-electron chi connectivity index (χ0n) is 10.8. The standard InChI is InChI=1S/C11H14N2O5S2/c1-12-3-2-4-13(6-10(12)14)20(17,18)8-5-9(11(15)16)19-7-8/h5,7H,2-4,6H2,1H3,(H,15,16). The van der Waals surface area contributed by atoms with Gasteiger partial charge in [0.25, 0.3) is 0 Å². The highest BCUT2D eigenvalue weighted by atomic mass is 32.2. The molecule has 0 radical (unpaired) electrons. The summed E-state index contributed by atoms with van der Waals surface area (Å²) in [6, 6.07) is 1.13. The molecule has 7 nitrogen and oxygen atoms in total. The van der Waals surface area contributed by atoms with Crippen molar-refractivity contribution in [3.8, 4) is 0 Å². The number of thiophene rings is 1. The quantitative estimate of drug-likeness (QED) is 0.865. The van der Waals surface area contributed by atoms with Gasteiger partial charge >= 0.3 is 5.97 Å². The zero-order valence-corrected chi connectivity index (χ0v) is 12.4. The Morgan fingerprint density at radius 2 is 2.10 bits per heavy atom. The fourth-order valence-corrected chi connectivity index (χ4v) is 4.41. The van der Waals surface area contributed by atoms with E-state index in [1.807, 2.05) is 0 Å². The average molecular weight is 318 g/mol. The summed E-state index contributed by atoms with van der Waals surface area (Å²) >= 11 is 0.854. The van der Waals surface area contributed by atoms with Crippen LogP contribution in [0.25, 0.3) is 0 Å². The smallest absolute Gasteiger partial charge is 0.345 e. The van der Waals surface area contributed by atoms with E-state index in [4.69, 9.17) is 5.11 Å². The number of carboxylic acids is 1. The first-order chi connectivity index (χ1) is 9.32. The highest BCUT2D eigenvalue weighted by molar-refractivity contribution is 7.89. The maximum Gasteiger partial charge on any atom is 0.345 e. The minimum Gasteiger partial charge on any atom is -0.477 e. The van der Waals surface area contributed by atoms with Gasteiger partial charge in [-0.1, -0.05) is 0 Å². The van der Waals surface area contributed by atoms with Gasteiger partial charge in [0.15, 0.2) is 0 Å². The van der Waals surface area contributed by atoms with Crippen LogP contribution in [0.4, 0.5) is 0 Å². The van der Waals surface area contributed by atoms with Gasteiger partial charge in [0.05, 0.1) is 11.4 Å². The topological polar surface area (TPSA) is 95.0 Å². The molecule has 0 bridgehead atoms. The van der Waals surface area contributed by atoms with Crippen LogP contribution in [0.2, 0.25) is 0 Å². The maximum atomic E-state index is 12.4. The lowest BCUT2D eigenvalue weighted by Gasteiger charge is -2.18. The lowest BCUT2D eigenvalue weighted by atomic mass is 10.4. The van der Waals surface area contributed by atoms with Crippen molar-refractivity contribution in [2.45, 2.75) is 11.3 Å². The van der Waals surface area contributed by atoms with Crippen LogP contribution in [0.15, 0.2) is 16.3 Å². The second-order valence-corrected chi connectivity index (χ2v) is 7.31. The van der Waals surface area contributed by atoms with Gasteiger partial charge in [0.1, 0.15) is 4.88 Å². The normalized spacial score (nSPS) is 18.1. The SMILES string of the molecule is CN1CCCN(S(=O)(=O)c2csc(C(=O)O)c2)CC1=O. The Kier molecular flexibility index (Phi) is 4.11. The van der Waals surface area contributed by atoms with Gasteiger partial charge in [-0.3, -0.25) is 4.79 Å². The van der Waals surface area contributed by atoms with Gasteiger partial charge in [-0.2, -0.15) is 4.31 Å². The van der Waals surface area contributed by atoms with Gasteiger partial charge in [-0.05, 0) is 12.5 Å². The molecule has 1 amide bonds. The minimum atomic E-state index is -3.82. The van der Waals surface area contributed by atoms with E-state index in [2.05, 4.69) is 0 Å². The molecule has 1 saturated heterocycles. The molecule has 1 aromatic heterocycles. The van der Waals surface area contributed by atoms with E-state index in [0.29, 0.717) is 13.0 Å². The number of aromatic carboxylic acids is 1. The first-order valence-electron chi connectivity index (χ1n) is 5.88. The van der Waals surface area contributed by atoms with Crippen molar-refractivity contribution in [1.82, 2.24) is 9.21 Å². The largest absolute Gasteiger partial charge is 0.477 e. The van der Waals surface area contributed by atoms with E-state index in [0.717, 1.165) is 21.7 Å². The molecule has 0 spiro atoms. The Bertz CT molecular complexity index is 637. The molecule has 0 aliphatic carbocycles. The van der Waals surface area contributed by atoms with Gasteiger partial charge < -0.3 is 10.0 Å². The van der Waals surface area contributed by atoms with Crippen LogP contribution in [0, 0.1) is 0 Å². The fourth-order valence-electron chi connectivity index (χ4n) is 1.88. The Morgan fingerprint density at radius 3 is 2.70 bits per heavy atom. The van der Waals surface area contributed by atoms with Gasteiger partial charge in [0, 0.05) is 25.5 Å². The van der Waals surface area contributed by atoms with Crippen LogP contribution in [0.1, 0.15) is 16.1 Å². The maximum absolute atomic E-state index is 12.4. The molecular formula is C11H14N2O5S2. The molecule has 9 heteroatoms. The van der Waals surface area contributed by atoms with E-state index in [1.165, 1.54) is 10.3 Å². The highest BCUT2D eigenvalue weighted by Gasteiger charge is 2.30. The summed E-state index contributed by atoms with van der Waals surface area (Å²) in [5.74, 6) is -1.43. The summed E-state index contributed by atoms with van der Waals surface area (Å²) in [5, 5.41) is 10.1. The number of hydrogen-bond donors (Lipinski definition) is 1. The van der Waals surface area contributed by atoms with Crippen LogP contribution in [0.5, 0.6) is 0 Å². The highest BCUT2D eigenvalue weighted by Crippen LogP contribution is 2.23. The van der Waals surface area contributed by atoms with Crippen LogP contribution in [-0.4, -0.2) is 61.3 Å². The number of amides is 1. The van der Waals surface area contributed by atoms with Gasteiger partial charge in [-0.15, -0.1) is 11.3 Å². The molecule has 0 saturated carbocycles. The third kappa shape index (κ3) is 2.84. The van der Waals surface area contributed by atoms with Crippen molar-refractivity contribution >= 4 is 33.2 Å². The lowest BCUT2D eigenvalue weighted by molar-refractivity contribution is -0.129. The molecule has 0 atom stereocenters. The first kappa shape index (κ1) is 14.9. The number of carbonyl (C=O) groups excluding carboxylic acids is 1. The summed E-state index contributed by atoms with van der Waals surface area (Å²) in [6.45, 7) is 0.544. The van der Waals surface area contributed by atoms with E-state index in [-0.39, 0.29) is 28.8 Å². The van der Waals surface area contributed by atoms with Crippen molar-refractivity contribution in [1.29, 1.82) is 0 Å². The molecule has 1 fully saturated rings. The van der Waals surface area contributed by atoms with Gasteiger partial charge in [0.2, 0.25) is 15.9 Å². The third-order valence-electron chi connectivity index (χ3n) is 3.06. The molecule has 0 aromatic carbocycles. The Balaban J connectivity index is 2.29. The Labute approximate surface area is 120 Å². The van der Waals surface area contributed by atoms with Crippen LogP contribution < -0.4 is 0 Å². The third-order valence-corrected chi connectivity index (χ3v) is 5.95. The molecule has 2 heterocycles. The summed E-state index contributed by atoms with van der Waals surface area (Å²) in [6.07, 6.45) is 0.553. The monoisotopic (exact) mass is 318 g/mol. The van der Waals surface area contributed by atoms with Crippen LogP contribution >= 0.6 is 11.3 Å². The minimum absolute atomic E-state index is 0.0400. The van der Waals surface area contributed by atoms with Crippen molar-refractivity contribution < 1.29 is 23.1 Å². The molecular weight excluding hydrogens is 304 g/mol. The zero-order chi connectivity index (χ0) is 14.9. The first-order valence-corrected chi connectivity index (χ1v) is 8.20.